The Morgan fingerprint density at radius 2 is 2.18 bits per heavy atom. The molecule has 0 aliphatic rings. The minimum absolute atomic E-state index is 0.145. The van der Waals surface area contributed by atoms with Crippen LogP contribution in [0.4, 0.5) is 8.78 Å². The van der Waals surface area contributed by atoms with Crippen molar-refractivity contribution in [3.63, 3.8) is 0 Å². The molecule has 0 aliphatic heterocycles. The summed E-state index contributed by atoms with van der Waals surface area (Å²) in [4.78, 5) is 25.2. The quantitative estimate of drug-likeness (QED) is 0.822. The number of aryl methyl sites for hydroxylation is 1. The second kappa shape index (κ2) is 5.56. The molecule has 1 aromatic heterocycles. The van der Waals surface area contributed by atoms with Crippen LogP contribution in [0.3, 0.4) is 0 Å². The van der Waals surface area contributed by atoms with Crippen LogP contribution in [0.2, 0.25) is 0 Å². The molecule has 0 unspecified atom stereocenters. The average Bonchev–Trinajstić information content (AvgIpc) is 2.21. The zero-order chi connectivity index (χ0) is 13.0. The summed E-state index contributed by atoms with van der Waals surface area (Å²) in [6, 6.07) is 1.18. The number of halogens is 2. The molecule has 0 bridgehead atoms. The van der Waals surface area contributed by atoms with Crippen LogP contribution in [0.1, 0.15) is 30.3 Å². The van der Waals surface area contributed by atoms with E-state index in [1.54, 1.807) is 6.92 Å². The third-order valence-electron chi connectivity index (χ3n) is 2.15. The molecule has 0 aromatic carbocycles. The van der Waals surface area contributed by atoms with E-state index in [0.29, 0.717) is 5.69 Å². The zero-order valence-electron chi connectivity index (χ0n) is 9.55. The highest BCUT2D eigenvalue weighted by atomic mass is 19.3. The molecule has 0 radical (unpaired) electrons. The fourth-order valence-electron chi connectivity index (χ4n) is 1.47. The monoisotopic (exact) mass is 245 g/mol. The van der Waals surface area contributed by atoms with Gasteiger partial charge in [-0.3, -0.25) is 9.59 Å². The SMILES string of the molecule is CCOC(=O)Cc1c(C(F)F)[nH]c(C)cc1=O. The minimum atomic E-state index is -2.83. The molecule has 0 fully saturated rings. The van der Waals surface area contributed by atoms with Gasteiger partial charge in [0, 0.05) is 17.3 Å². The first-order valence-corrected chi connectivity index (χ1v) is 5.12. The van der Waals surface area contributed by atoms with E-state index in [2.05, 4.69) is 9.72 Å². The van der Waals surface area contributed by atoms with Crippen LogP contribution in [-0.4, -0.2) is 17.6 Å². The Kier molecular flexibility index (Phi) is 4.37. The average molecular weight is 245 g/mol. The van der Waals surface area contributed by atoms with Crippen LogP contribution in [0.25, 0.3) is 0 Å². The molecule has 17 heavy (non-hydrogen) atoms. The molecule has 0 saturated heterocycles. The molecular formula is C11H13F2NO3. The Labute approximate surface area is 96.6 Å². The lowest BCUT2D eigenvalue weighted by Crippen LogP contribution is -2.20. The summed E-state index contributed by atoms with van der Waals surface area (Å²) in [5.41, 5.74) is -0.991. The van der Waals surface area contributed by atoms with Crippen LogP contribution in [0.5, 0.6) is 0 Å². The number of alkyl halides is 2. The first-order chi connectivity index (χ1) is 7.95. The number of rotatable bonds is 4. The fraction of sp³-hybridized carbons (Fsp3) is 0.455. The standard InChI is InChI=1S/C11H13F2NO3/c1-3-17-9(16)5-7-8(15)4-6(2)14-10(7)11(12)13/h4,11H,3,5H2,1-2H3,(H,14,15). The summed E-state index contributed by atoms with van der Waals surface area (Å²) in [6.07, 6.45) is -3.27. The van der Waals surface area contributed by atoms with Crippen LogP contribution < -0.4 is 5.43 Å². The highest BCUT2D eigenvalue weighted by Gasteiger charge is 2.19. The van der Waals surface area contributed by atoms with Gasteiger partial charge < -0.3 is 9.72 Å². The van der Waals surface area contributed by atoms with Gasteiger partial charge in [0.05, 0.1) is 18.7 Å². The van der Waals surface area contributed by atoms with Crippen LogP contribution in [-0.2, 0) is 16.0 Å². The number of nitrogens with one attached hydrogen (secondary N) is 1. The Morgan fingerprint density at radius 1 is 1.53 bits per heavy atom. The van der Waals surface area contributed by atoms with Crippen molar-refractivity contribution in [3.8, 4) is 0 Å². The van der Waals surface area contributed by atoms with E-state index in [4.69, 9.17) is 0 Å². The molecule has 4 nitrogen and oxygen atoms in total. The Bertz CT molecular complexity index is 468. The summed E-state index contributed by atoms with van der Waals surface area (Å²) >= 11 is 0. The molecule has 94 valence electrons. The van der Waals surface area contributed by atoms with Crippen molar-refractivity contribution in [2.45, 2.75) is 26.7 Å². The summed E-state index contributed by atoms with van der Waals surface area (Å²) < 4.78 is 30.0. The van der Waals surface area contributed by atoms with E-state index in [9.17, 15) is 18.4 Å². The highest BCUT2D eigenvalue weighted by molar-refractivity contribution is 5.72. The van der Waals surface area contributed by atoms with E-state index < -0.39 is 29.9 Å². The number of hydrogen-bond acceptors (Lipinski definition) is 3. The van der Waals surface area contributed by atoms with Crippen molar-refractivity contribution >= 4 is 5.97 Å². The largest absolute Gasteiger partial charge is 0.466 e. The first kappa shape index (κ1) is 13.3. The Morgan fingerprint density at radius 3 is 2.71 bits per heavy atom. The lowest BCUT2D eigenvalue weighted by molar-refractivity contribution is -0.142. The van der Waals surface area contributed by atoms with E-state index in [1.807, 2.05) is 0 Å². The molecule has 6 heteroatoms. The van der Waals surface area contributed by atoms with Crippen molar-refractivity contribution in [1.82, 2.24) is 4.98 Å². The maximum Gasteiger partial charge on any atom is 0.310 e. The summed E-state index contributed by atoms with van der Waals surface area (Å²) in [6.45, 7) is 3.25. The number of hydrogen-bond donors (Lipinski definition) is 1. The molecule has 0 spiro atoms. The molecule has 1 heterocycles. The van der Waals surface area contributed by atoms with Crippen molar-refractivity contribution in [2.24, 2.45) is 0 Å². The van der Waals surface area contributed by atoms with Gasteiger partial charge in [-0.2, -0.15) is 0 Å². The summed E-state index contributed by atoms with van der Waals surface area (Å²) in [5.74, 6) is -0.691. The van der Waals surface area contributed by atoms with Gasteiger partial charge in [0.15, 0.2) is 5.43 Å². The molecule has 1 N–H and O–H groups in total. The van der Waals surface area contributed by atoms with Gasteiger partial charge in [0.2, 0.25) is 0 Å². The number of H-pyrrole nitrogens is 1. The van der Waals surface area contributed by atoms with Crippen LogP contribution in [0.15, 0.2) is 10.9 Å². The molecule has 0 amide bonds. The fourth-order valence-corrected chi connectivity index (χ4v) is 1.47. The lowest BCUT2D eigenvalue weighted by Gasteiger charge is -2.09. The van der Waals surface area contributed by atoms with E-state index in [1.165, 1.54) is 13.0 Å². The van der Waals surface area contributed by atoms with E-state index in [-0.39, 0.29) is 12.2 Å². The molecule has 1 aromatic rings. The van der Waals surface area contributed by atoms with Crippen molar-refractivity contribution in [1.29, 1.82) is 0 Å². The maximum absolute atomic E-state index is 12.7. The Balaban J connectivity index is 3.13. The number of ether oxygens (including phenoxy) is 1. The van der Waals surface area contributed by atoms with Crippen LogP contribution in [0, 0.1) is 6.92 Å². The zero-order valence-corrected chi connectivity index (χ0v) is 9.55. The smallest absolute Gasteiger partial charge is 0.310 e. The van der Waals surface area contributed by atoms with Gasteiger partial charge in [-0.15, -0.1) is 0 Å². The topological polar surface area (TPSA) is 59.2 Å². The molecule has 0 aliphatic carbocycles. The van der Waals surface area contributed by atoms with Gasteiger partial charge >= 0.3 is 5.97 Å². The summed E-state index contributed by atoms with van der Waals surface area (Å²) in [5, 5.41) is 0. The predicted molar refractivity (Wildman–Crippen MR) is 57.1 cm³/mol. The number of pyridine rings is 1. The highest BCUT2D eigenvalue weighted by Crippen LogP contribution is 2.19. The van der Waals surface area contributed by atoms with Gasteiger partial charge in [0.1, 0.15) is 0 Å². The van der Waals surface area contributed by atoms with Crippen molar-refractivity contribution in [2.75, 3.05) is 6.61 Å². The number of aromatic nitrogens is 1. The molecule has 0 saturated carbocycles. The van der Waals surface area contributed by atoms with Gasteiger partial charge in [-0.1, -0.05) is 0 Å². The first-order valence-electron chi connectivity index (χ1n) is 5.12. The van der Waals surface area contributed by atoms with E-state index >= 15 is 0 Å². The molecule has 1 rings (SSSR count). The van der Waals surface area contributed by atoms with E-state index in [0.717, 1.165) is 0 Å². The van der Waals surface area contributed by atoms with Crippen molar-refractivity contribution in [3.05, 3.63) is 33.2 Å². The van der Waals surface area contributed by atoms with Crippen LogP contribution >= 0.6 is 0 Å². The summed E-state index contributed by atoms with van der Waals surface area (Å²) in [7, 11) is 0. The second-order valence-corrected chi connectivity index (χ2v) is 3.49. The maximum atomic E-state index is 12.7. The predicted octanol–water partition coefficient (Wildman–Crippen LogP) is 1.73. The number of esters is 1. The minimum Gasteiger partial charge on any atom is -0.466 e. The second-order valence-electron chi connectivity index (χ2n) is 3.49. The Hall–Kier alpha value is -1.72. The number of aromatic amines is 1. The van der Waals surface area contributed by atoms with Gasteiger partial charge in [-0.05, 0) is 13.8 Å². The molecule has 0 atom stereocenters. The van der Waals surface area contributed by atoms with Gasteiger partial charge in [0.25, 0.3) is 6.43 Å². The van der Waals surface area contributed by atoms with Crippen molar-refractivity contribution < 1.29 is 18.3 Å². The van der Waals surface area contributed by atoms with Gasteiger partial charge in [-0.25, -0.2) is 8.78 Å². The lowest BCUT2D eigenvalue weighted by atomic mass is 10.1. The normalized spacial score (nSPS) is 10.6. The number of carbonyl (C=O) groups is 1. The third kappa shape index (κ3) is 3.37. The third-order valence-corrected chi connectivity index (χ3v) is 2.15. The molecular weight excluding hydrogens is 232 g/mol. The number of carbonyl (C=O) groups excluding carboxylic acids is 1.